The van der Waals surface area contributed by atoms with E-state index < -0.39 is 144 Å². The minimum Gasteiger partial charge on any atom is -0.291 e. The van der Waals surface area contributed by atoms with Crippen LogP contribution in [-0.4, -0.2) is 22.2 Å². The summed E-state index contributed by atoms with van der Waals surface area (Å²) in [7, 11) is 0. The number of hydrogen-bond donors (Lipinski definition) is 0. The van der Waals surface area contributed by atoms with Gasteiger partial charge in [0.1, 0.15) is 52.7 Å². The smallest absolute Gasteiger partial charge is 0.200 e. The van der Waals surface area contributed by atoms with Crippen molar-refractivity contribution in [2.24, 2.45) is 0 Å². The molecular weight excluding hydrogens is 959 g/mol. The van der Waals surface area contributed by atoms with Gasteiger partial charge in [0, 0.05) is 5.56 Å². The first-order chi connectivity index (χ1) is 29.0. The van der Waals surface area contributed by atoms with Crippen LogP contribution >= 0.6 is 15.9 Å². The van der Waals surface area contributed by atoms with Crippen molar-refractivity contribution < 1.29 is 97.2 Å². The zero-order valence-corrected chi connectivity index (χ0v) is 30.9. The van der Waals surface area contributed by atoms with E-state index in [-0.39, 0.29) is 5.78 Å². The fourth-order valence-corrected chi connectivity index (χ4v) is 6.70. The van der Waals surface area contributed by atoms with E-state index in [2.05, 4.69) is 33.0 Å². The molecule has 1 aromatic heterocycles. The summed E-state index contributed by atoms with van der Waals surface area (Å²) in [6, 6.07) is 10.1. The van der Waals surface area contributed by atoms with E-state index in [4.69, 9.17) is 0 Å². The molecule has 326 valence electrons. The van der Waals surface area contributed by atoms with Crippen LogP contribution in [0.5, 0.6) is 0 Å². The van der Waals surface area contributed by atoms with Gasteiger partial charge in [0.25, 0.3) is 0 Å². The van der Waals surface area contributed by atoms with Crippen molar-refractivity contribution in [3.8, 4) is 0 Å². The maximum atomic E-state index is 15.4. The lowest BCUT2D eigenvalue weighted by atomic mass is 9.12. The number of carbonyl (C=O) groups excluding carboxylic acids is 1. The van der Waals surface area contributed by atoms with Crippen molar-refractivity contribution in [2.75, 3.05) is 5.33 Å². The second kappa shape index (κ2) is 17.8. The Morgan fingerprint density at radius 2 is 0.726 bits per heavy atom. The van der Waals surface area contributed by atoms with Crippen LogP contribution in [0.25, 0.3) is 0 Å². The summed E-state index contributed by atoms with van der Waals surface area (Å²) in [4.78, 5) is 15.5. The first-order valence-electron chi connectivity index (χ1n) is 16.2. The Bertz CT molecular complexity index is 2410. The van der Waals surface area contributed by atoms with Crippen molar-refractivity contribution in [3.05, 3.63) is 177 Å². The van der Waals surface area contributed by atoms with Crippen molar-refractivity contribution >= 4 is 49.7 Å². The Hall–Kier alpha value is -6.01. The summed E-state index contributed by atoms with van der Waals surface area (Å²) in [5.41, 5.74) is -12.6. The lowest BCUT2D eigenvalue weighted by Gasteiger charge is -2.44. The first-order valence-corrected chi connectivity index (χ1v) is 17.3. The van der Waals surface area contributed by atoms with E-state index in [1.54, 1.807) is 12.4 Å². The molecule has 0 bridgehead atoms. The summed E-state index contributed by atoms with van der Waals surface area (Å²) in [5.74, 6) is -71.4. The molecule has 6 rings (SSSR count). The zero-order chi connectivity index (χ0) is 46.4. The molecule has 0 radical (unpaired) electrons. The van der Waals surface area contributed by atoms with Crippen molar-refractivity contribution in [1.82, 2.24) is 4.98 Å². The Morgan fingerprint density at radius 1 is 0.452 bits per heavy atom. The Labute approximate surface area is 339 Å². The van der Waals surface area contributed by atoms with Crippen LogP contribution in [0, 0.1) is 116 Å². The summed E-state index contributed by atoms with van der Waals surface area (Å²) in [5, 5.41) is 0.301. The molecule has 25 heteroatoms. The van der Waals surface area contributed by atoms with Gasteiger partial charge in [0.15, 0.2) is 100 Å². The van der Waals surface area contributed by atoms with Gasteiger partial charge >= 0.3 is 0 Å². The number of benzene rings is 5. The molecule has 0 spiro atoms. The van der Waals surface area contributed by atoms with Crippen LogP contribution in [0.15, 0.2) is 48.9 Å². The number of halogens is 21. The van der Waals surface area contributed by atoms with Crippen molar-refractivity contribution in [3.63, 3.8) is 0 Å². The average molecular weight is 971 g/mol. The fraction of sp³-hybridized carbons (Fsp3) is 0.0541. The van der Waals surface area contributed by atoms with Gasteiger partial charge in [0.05, 0.1) is 11.5 Å². The number of alkyl halides is 1. The van der Waals surface area contributed by atoms with Crippen LogP contribution in [0.2, 0.25) is 0 Å². The standard InChI is InChI=1S/C24BF20.C13H12BrN2O/c26-5-1(6(27)14(35)21(42)13(5)34)25(2-7(28)15(36)22(43)16(37)8(2)29,3-9(30)17(38)23(44)18(39)10(3)31)4-11(32)19(40)24(45)20(41)12(4)33;14-8-13(17)12-10-16(7-6-15-12)9-11-4-2-1-3-5-11/h;1-7,10H,8-9H2/q-1;+1. The third-order valence-corrected chi connectivity index (χ3v) is 9.59. The Kier molecular flexibility index (Phi) is 13.5. The highest BCUT2D eigenvalue weighted by Crippen LogP contribution is 2.30. The van der Waals surface area contributed by atoms with Gasteiger partial charge in [-0.05, 0) is 0 Å². The van der Waals surface area contributed by atoms with Gasteiger partial charge in [0.2, 0.25) is 0 Å². The van der Waals surface area contributed by atoms with Gasteiger partial charge < -0.3 is 0 Å². The van der Waals surface area contributed by atoms with E-state index in [0.717, 1.165) is 6.54 Å². The lowest BCUT2D eigenvalue weighted by molar-refractivity contribution is -0.689. The zero-order valence-electron chi connectivity index (χ0n) is 29.4. The molecule has 0 fully saturated rings. The topological polar surface area (TPSA) is 33.8 Å². The second-order valence-electron chi connectivity index (χ2n) is 12.5. The molecule has 0 saturated carbocycles. The first kappa shape index (κ1) is 47.1. The van der Waals surface area contributed by atoms with E-state index in [0.29, 0.717) is 11.0 Å². The SMILES string of the molecule is Fc1c(F)c(F)c([B-](c2c(F)c(F)c(F)c(F)c2F)(c2c(F)c(F)c(F)c(F)c2F)c2c(F)c(F)c(F)c(F)c2F)c(F)c1F.O=C(CBr)c1c[n+](Cc2ccccc2)ccn1. The lowest BCUT2D eigenvalue weighted by Crippen LogP contribution is -2.81. The molecule has 1 heterocycles. The summed E-state index contributed by atoms with van der Waals surface area (Å²) < 4.78 is 296. The van der Waals surface area contributed by atoms with Gasteiger partial charge in [-0.25, -0.2) is 92.8 Å². The molecule has 62 heavy (non-hydrogen) atoms. The number of Topliss-reactive ketones (excluding diaryl/α,β-unsaturated/α-hetero) is 1. The summed E-state index contributed by atoms with van der Waals surface area (Å²) >= 11 is 3.14. The van der Waals surface area contributed by atoms with Crippen LogP contribution in [0.3, 0.4) is 0 Å². The van der Waals surface area contributed by atoms with Crippen LogP contribution < -0.4 is 26.4 Å². The molecule has 0 aliphatic rings. The molecule has 3 nitrogen and oxygen atoms in total. The summed E-state index contributed by atoms with van der Waals surface area (Å²) in [6.45, 7) is 0.742. The van der Waals surface area contributed by atoms with Gasteiger partial charge in [-0.15, -0.1) is 21.9 Å². The minimum absolute atomic E-state index is 0.00703. The second-order valence-corrected chi connectivity index (χ2v) is 13.0. The van der Waals surface area contributed by atoms with Crippen molar-refractivity contribution in [1.29, 1.82) is 0 Å². The number of ketones is 1. The van der Waals surface area contributed by atoms with Gasteiger partial charge in [-0.2, -0.15) is 4.57 Å². The van der Waals surface area contributed by atoms with E-state index in [1.807, 2.05) is 29.0 Å². The highest BCUT2D eigenvalue weighted by atomic mass is 79.9. The maximum Gasteiger partial charge on any atom is 0.200 e. The predicted molar refractivity (Wildman–Crippen MR) is 177 cm³/mol. The fourth-order valence-electron chi connectivity index (χ4n) is 6.41. The number of rotatable bonds is 8. The third-order valence-electron chi connectivity index (χ3n) is 9.08. The monoisotopic (exact) mass is 970 g/mol. The van der Waals surface area contributed by atoms with Crippen LogP contribution in [-0.2, 0) is 6.54 Å². The van der Waals surface area contributed by atoms with Gasteiger partial charge in [-0.1, -0.05) is 46.3 Å². The average Bonchev–Trinajstić information content (AvgIpc) is 3.26. The summed E-state index contributed by atoms with van der Waals surface area (Å²) in [6.07, 6.45) is -1.93. The molecular formula is C37H12BBrF20N2O. The third kappa shape index (κ3) is 7.52. The number of nitrogens with zero attached hydrogens (tertiary/aromatic N) is 2. The molecule has 0 amide bonds. The van der Waals surface area contributed by atoms with E-state index in [9.17, 15) is 57.5 Å². The molecule has 0 N–H and O–H groups in total. The molecule has 0 saturated heterocycles. The molecule has 0 aliphatic carbocycles. The Morgan fingerprint density at radius 3 is 1.00 bits per heavy atom. The van der Waals surface area contributed by atoms with Crippen LogP contribution in [0.4, 0.5) is 87.8 Å². The van der Waals surface area contributed by atoms with E-state index >= 15 is 35.1 Å². The van der Waals surface area contributed by atoms with E-state index in [1.165, 1.54) is 5.56 Å². The molecule has 0 aliphatic heterocycles. The molecule has 6 aromatic rings. The highest BCUT2D eigenvalue weighted by Gasteiger charge is 2.52. The van der Waals surface area contributed by atoms with Crippen molar-refractivity contribution in [2.45, 2.75) is 6.54 Å². The molecule has 5 aromatic carbocycles. The van der Waals surface area contributed by atoms with Gasteiger partial charge in [-0.3, -0.25) is 4.79 Å². The number of aromatic nitrogens is 2. The molecule has 0 atom stereocenters. The van der Waals surface area contributed by atoms with Crippen LogP contribution in [0.1, 0.15) is 16.1 Å². The minimum atomic E-state index is -7.22. The largest absolute Gasteiger partial charge is 0.291 e. The Balaban J connectivity index is 0.000000355. The highest BCUT2D eigenvalue weighted by molar-refractivity contribution is 9.09. The predicted octanol–water partition coefficient (Wildman–Crippen LogP) is 7.84. The quantitative estimate of drug-likeness (QED) is 0.0297. The number of carbonyl (C=O) groups is 1. The number of hydrogen-bond acceptors (Lipinski definition) is 2. The normalized spacial score (nSPS) is 11.5. The molecule has 0 unspecified atom stereocenters. The maximum absolute atomic E-state index is 15.4.